The lowest BCUT2D eigenvalue weighted by Crippen LogP contribution is -2.17. The van der Waals surface area contributed by atoms with E-state index in [2.05, 4.69) is 48.2 Å². The first-order valence-electron chi connectivity index (χ1n) is 6.38. The topological polar surface area (TPSA) is 56.7 Å². The molecule has 0 fully saturated rings. The summed E-state index contributed by atoms with van der Waals surface area (Å²) >= 11 is 0. The molecular formula is C14H20N4. The van der Waals surface area contributed by atoms with Crippen molar-refractivity contribution in [2.75, 3.05) is 6.54 Å². The van der Waals surface area contributed by atoms with E-state index < -0.39 is 0 Å². The van der Waals surface area contributed by atoms with E-state index in [4.69, 9.17) is 5.73 Å². The first-order valence-corrected chi connectivity index (χ1v) is 6.38. The third kappa shape index (κ3) is 2.76. The van der Waals surface area contributed by atoms with Gasteiger partial charge < -0.3 is 5.73 Å². The van der Waals surface area contributed by atoms with Crippen molar-refractivity contribution in [3.63, 3.8) is 0 Å². The van der Waals surface area contributed by atoms with Crippen LogP contribution in [-0.4, -0.2) is 21.3 Å². The Kier molecular flexibility index (Phi) is 4.10. The van der Waals surface area contributed by atoms with Crippen LogP contribution in [0.3, 0.4) is 0 Å². The van der Waals surface area contributed by atoms with Crippen LogP contribution < -0.4 is 5.73 Å². The molecule has 4 nitrogen and oxygen atoms in total. The van der Waals surface area contributed by atoms with E-state index in [-0.39, 0.29) is 0 Å². The normalized spacial score (nSPS) is 12.6. The van der Waals surface area contributed by atoms with Crippen molar-refractivity contribution < 1.29 is 0 Å². The van der Waals surface area contributed by atoms with E-state index in [1.165, 1.54) is 11.1 Å². The molecule has 1 heterocycles. The molecule has 0 saturated heterocycles. The Labute approximate surface area is 108 Å². The first-order chi connectivity index (χ1) is 8.74. The van der Waals surface area contributed by atoms with E-state index >= 15 is 0 Å². The second-order valence-electron chi connectivity index (χ2n) is 4.54. The van der Waals surface area contributed by atoms with Crippen LogP contribution in [0.1, 0.15) is 29.8 Å². The van der Waals surface area contributed by atoms with Crippen LogP contribution in [0.4, 0.5) is 0 Å². The fourth-order valence-corrected chi connectivity index (χ4v) is 2.19. The molecule has 2 N–H and O–H groups in total. The highest BCUT2D eigenvalue weighted by molar-refractivity contribution is 5.26. The molecule has 0 radical (unpaired) electrons. The van der Waals surface area contributed by atoms with Crippen molar-refractivity contribution in [1.82, 2.24) is 14.8 Å². The molecule has 2 rings (SSSR count). The summed E-state index contributed by atoms with van der Waals surface area (Å²) in [4.78, 5) is 4.32. The molecule has 0 aliphatic carbocycles. The predicted octanol–water partition coefficient (Wildman–Crippen LogP) is 1.89. The van der Waals surface area contributed by atoms with Crippen LogP contribution in [0.5, 0.6) is 0 Å². The van der Waals surface area contributed by atoms with Crippen LogP contribution in [0.15, 0.2) is 30.6 Å². The fourth-order valence-electron chi connectivity index (χ4n) is 2.19. The summed E-state index contributed by atoms with van der Waals surface area (Å²) < 4.78 is 1.93. The van der Waals surface area contributed by atoms with Crippen molar-refractivity contribution in [3.8, 4) is 0 Å². The van der Waals surface area contributed by atoms with Gasteiger partial charge in [0, 0.05) is 18.9 Å². The number of rotatable bonds is 5. The van der Waals surface area contributed by atoms with Crippen LogP contribution >= 0.6 is 0 Å². The Morgan fingerprint density at radius 3 is 2.89 bits per heavy atom. The smallest absolute Gasteiger partial charge is 0.138 e. The van der Waals surface area contributed by atoms with Crippen molar-refractivity contribution in [2.45, 2.75) is 32.7 Å². The molecule has 96 valence electrons. The number of hydrogen-bond acceptors (Lipinski definition) is 3. The van der Waals surface area contributed by atoms with Gasteiger partial charge in [0.05, 0.1) is 0 Å². The van der Waals surface area contributed by atoms with Crippen molar-refractivity contribution in [3.05, 3.63) is 47.5 Å². The monoisotopic (exact) mass is 244 g/mol. The van der Waals surface area contributed by atoms with Gasteiger partial charge >= 0.3 is 0 Å². The molecule has 0 aliphatic rings. The number of aryl methyl sites for hydroxylation is 2. The Balaban J connectivity index is 2.20. The van der Waals surface area contributed by atoms with Gasteiger partial charge in [-0.1, -0.05) is 29.8 Å². The van der Waals surface area contributed by atoms with E-state index in [0.29, 0.717) is 12.5 Å². The number of hydrogen-bond donors (Lipinski definition) is 1. The molecular weight excluding hydrogens is 224 g/mol. The van der Waals surface area contributed by atoms with Crippen LogP contribution in [0, 0.1) is 6.92 Å². The van der Waals surface area contributed by atoms with Gasteiger partial charge in [-0.05, 0) is 26.0 Å². The molecule has 0 bridgehead atoms. The Morgan fingerprint density at radius 2 is 2.22 bits per heavy atom. The molecule has 18 heavy (non-hydrogen) atoms. The molecule has 1 aromatic heterocycles. The summed E-state index contributed by atoms with van der Waals surface area (Å²) in [5.41, 5.74) is 8.45. The van der Waals surface area contributed by atoms with Gasteiger partial charge in [0.15, 0.2) is 0 Å². The summed E-state index contributed by atoms with van der Waals surface area (Å²) in [5, 5.41) is 4.20. The quantitative estimate of drug-likeness (QED) is 0.873. The molecule has 0 spiro atoms. The lowest BCUT2D eigenvalue weighted by molar-refractivity contribution is 0.576. The minimum Gasteiger partial charge on any atom is -0.330 e. The van der Waals surface area contributed by atoms with Crippen LogP contribution in [-0.2, 0) is 13.0 Å². The zero-order chi connectivity index (χ0) is 13.0. The van der Waals surface area contributed by atoms with Crippen molar-refractivity contribution in [1.29, 1.82) is 0 Å². The molecule has 1 aromatic carbocycles. The molecule has 0 saturated carbocycles. The van der Waals surface area contributed by atoms with Gasteiger partial charge in [-0.25, -0.2) is 4.98 Å². The Morgan fingerprint density at radius 1 is 1.39 bits per heavy atom. The highest BCUT2D eigenvalue weighted by Gasteiger charge is 2.14. The maximum absolute atomic E-state index is 5.91. The molecule has 0 aliphatic heterocycles. The highest BCUT2D eigenvalue weighted by atomic mass is 15.3. The third-order valence-corrected chi connectivity index (χ3v) is 3.22. The first kappa shape index (κ1) is 12.8. The lowest BCUT2D eigenvalue weighted by atomic mass is 9.94. The average molecular weight is 244 g/mol. The number of nitrogens with two attached hydrogens (primary N) is 1. The summed E-state index contributed by atoms with van der Waals surface area (Å²) in [5.74, 6) is 1.31. The zero-order valence-corrected chi connectivity index (χ0v) is 11.0. The standard InChI is InChI=1S/C14H20N4/c1-3-18-14(16-10-17-18)8-13(9-15)12-6-4-5-11(2)7-12/h4-7,10,13H,3,8-9,15H2,1-2H3. The Bertz CT molecular complexity index is 504. The second-order valence-corrected chi connectivity index (χ2v) is 4.54. The summed E-state index contributed by atoms with van der Waals surface area (Å²) in [6.07, 6.45) is 2.45. The Hall–Kier alpha value is -1.68. The van der Waals surface area contributed by atoms with E-state index in [1.54, 1.807) is 6.33 Å². The number of nitrogens with zero attached hydrogens (tertiary/aromatic N) is 3. The SMILES string of the molecule is CCn1ncnc1CC(CN)c1cccc(C)c1. The van der Waals surface area contributed by atoms with Crippen molar-refractivity contribution >= 4 is 0 Å². The predicted molar refractivity (Wildman–Crippen MR) is 72.4 cm³/mol. The van der Waals surface area contributed by atoms with E-state index in [1.807, 2.05) is 4.68 Å². The zero-order valence-electron chi connectivity index (χ0n) is 11.0. The largest absolute Gasteiger partial charge is 0.330 e. The van der Waals surface area contributed by atoms with Gasteiger partial charge in [-0.15, -0.1) is 0 Å². The molecule has 1 atom stereocenters. The second kappa shape index (κ2) is 5.78. The number of benzene rings is 1. The minimum atomic E-state index is 0.305. The van der Waals surface area contributed by atoms with Crippen molar-refractivity contribution in [2.24, 2.45) is 5.73 Å². The molecule has 1 unspecified atom stereocenters. The molecule has 4 heteroatoms. The van der Waals surface area contributed by atoms with Gasteiger partial charge in [0.1, 0.15) is 12.2 Å². The maximum Gasteiger partial charge on any atom is 0.138 e. The average Bonchev–Trinajstić information content (AvgIpc) is 2.83. The van der Waals surface area contributed by atoms with Gasteiger partial charge in [-0.3, -0.25) is 4.68 Å². The van der Waals surface area contributed by atoms with E-state index in [9.17, 15) is 0 Å². The van der Waals surface area contributed by atoms with Crippen LogP contribution in [0.25, 0.3) is 0 Å². The van der Waals surface area contributed by atoms with Gasteiger partial charge in [-0.2, -0.15) is 5.10 Å². The molecule has 2 aromatic rings. The number of aromatic nitrogens is 3. The fraction of sp³-hybridized carbons (Fsp3) is 0.429. The minimum absolute atomic E-state index is 0.305. The van der Waals surface area contributed by atoms with Gasteiger partial charge in [0.2, 0.25) is 0 Å². The van der Waals surface area contributed by atoms with Gasteiger partial charge in [0.25, 0.3) is 0 Å². The highest BCUT2D eigenvalue weighted by Crippen LogP contribution is 2.20. The molecule has 0 amide bonds. The summed E-state index contributed by atoms with van der Waals surface area (Å²) in [7, 11) is 0. The summed E-state index contributed by atoms with van der Waals surface area (Å²) in [6, 6.07) is 8.52. The lowest BCUT2D eigenvalue weighted by Gasteiger charge is -2.15. The maximum atomic E-state index is 5.91. The third-order valence-electron chi connectivity index (χ3n) is 3.22. The van der Waals surface area contributed by atoms with E-state index in [0.717, 1.165) is 18.8 Å². The van der Waals surface area contributed by atoms with Crippen LogP contribution in [0.2, 0.25) is 0 Å². The summed E-state index contributed by atoms with van der Waals surface area (Å²) in [6.45, 7) is 5.65.